The van der Waals surface area contributed by atoms with Gasteiger partial charge in [0.25, 0.3) is 5.69 Å². The van der Waals surface area contributed by atoms with E-state index < -0.39 is 22.7 Å². The van der Waals surface area contributed by atoms with Crippen LogP contribution in [0.25, 0.3) is 0 Å². The fourth-order valence-corrected chi connectivity index (χ4v) is 4.55. The predicted molar refractivity (Wildman–Crippen MR) is 130 cm³/mol. The van der Waals surface area contributed by atoms with Gasteiger partial charge in [-0.15, -0.1) is 11.3 Å². The molecule has 1 N–H and O–H groups in total. The van der Waals surface area contributed by atoms with Gasteiger partial charge in [0.15, 0.2) is 0 Å². The molecule has 34 heavy (non-hydrogen) atoms. The van der Waals surface area contributed by atoms with Crippen molar-refractivity contribution in [2.24, 2.45) is 5.92 Å². The lowest BCUT2D eigenvalue weighted by molar-refractivity contribution is -0.384. The molecule has 2 unspecified atom stereocenters. The second-order valence-electron chi connectivity index (χ2n) is 7.67. The highest BCUT2D eigenvalue weighted by Crippen LogP contribution is 2.29. The van der Waals surface area contributed by atoms with Crippen LogP contribution >= 0.6 is 11.3 Å². The van der Waals surface area contributed by atoms with E-state index in [-0.39, 0.29) is 31.2 Å². The number of nitro groups is 1. The number of non-ortho nitro benzene ring substituents is 1. The highest BCUT2D eigenvalue weighted by Gasteiger charge is 2.29. The number of nitrogens with one attached hydrogen (secondary N) is 1. The number of carbonyl (C=O) groups excluding carboxylic acids is 2. The molecular weight excluding hydrogens is 454 g/mol. The van der Waals surface area contributed by atoms with E-state index in [4.69, 9.17) is 4.74 Å². The number of aryl methyl sites for hydroxylation is 1. The Morgan fingerprint density at radius 2 is 1.82 bits per heavy atom. The number of hydrogen-bond acceptors (Lipinski definition) is 7. The summed E-state index contributed by atoms with van der Waals surface area (Å²) in [5, 5.41) is 16.7. The van der Waals surface area contributed by atoms with Gasteiger partial charge in [-0.2, -0.15) is 0 Å². The van der Waals surface area contributed by atoms with Gasteiger partial charge in [-0.3, -0.25) is 19.7 Å². The first kappa shape index (κ1) is 25.0. The molecule has 0 saturated carbocycles. The third-order valence-corrected chi connectivity index (χ3v) is 6.39. The summed E-state index contributed by atoms with van der Waals surface area (Å²) in [6, 6.07) is 15.5. The van der Waals surface area contributed by atoms with Crippen LogP contribution in [0.3, 0.4) is 0 Å². The third kappa shape index (κ3) is 6.48. The quantitative estimate of drug-likeness (QED) is 0.189. The van der Waals surface area contributed by atoms with Crippen LogP contribution in [0.2, 0.25) is 0 Å². The van der Waals surface area contributed by atoms with Crippen LogP contribution in [-0.2, 0) is 27.2 Å². The fraction of sp³-hybridized carbons (Fsp3) is 0.320. The largest absolute Gasteiger partial charge is 0.465 e. The molecule has 0 aliphatic rings. The van der Waals surface area contributed by atoms with E-state index >= 15 is 0 Å². The minimum atomic E-state index is -0.984. The first-order valence-electron chi connectivity index (χ1n) is 11.1. The van der Waals surface area contributed by atoms with Gasteiger partial charge in [0, 0.05) is 24.1 Å². The Kier molecular flexibility index (Phi) is 8.86. The summed E-state index contributed by atoms with van der Waals surface area (Å²) >= 11 is 1.48. The van der Waals surface area contributed by atoms with Gasteiger partial charge in [-0.05, 0) is 30.9 Å². The van der Waals surface area contributed by atoms with Crippen molar-refractivity contribution in [1.82, 2.24) is 10.3 Å². The van der Waals surface area contributed by atoms with E-state index in [1.54, 1.807) is 19.1 Å². The van der Waals surface area contributed by atoms with E-state index in [2.05, 4.69) is 10.3 Å². The van der Waals surface area contributed by atoms with Crippen LogP contribution in [0.15, 0.2) is 60.0 Å². The van der Waals surface area contributed by atoms with E-state index in [0.717, 1.165) is 28.2 Å². The maximum Gasteiger partial charge on any atom is 0.318 e. The monoisotopic (exact) mass is 481 g/mol. The zero-order valence-corrected chi connectivity index (χ0v) is 19.9. The van der Waals surface area contributed by atoms with E-state index in [1.165, 1.54) is 23.5 Å². The Morgan fingerprint density at radius 1 is 1.12 bits per heavy atom. The second-order valence-corrected chi connectivity index (χ2v) is 8.56. The van der Waals surface area contributed by atoms with E-state index in [0.29, 0.717) is 0 Å². The lowest BCUT2D eigenvalue weighted by Gasteiger charge is -2.19. The smallest absolute Gasteiger partial charge is 0.318 e. The average molecular weight is 482 g/mol. The number of nitro benzene ring substituents is 1. The van der Waals surface area contributed by atoms with Gasteiger partial charge >= 0.3 is 5.97 Å². The molecule has 178 valence electrons. The number of benzene rings is 2. The highest BCUT2D eigenvalue weighted by molar-refractivity contribution is 7.09. The molecule has 3 aromatic rings. The predicted octanol–water partition coefficient (Wildman–Crippen LogP) is 4.28. The molecule has 9 heteroatoms. The molecule has 0 aliphatic heterocycles. The number of esters is 1. The van der Waals surface area contributed by atoms with Crippen molar-refractivity contribution in [1.29, 1.82) is 0 Å². The molecule has 8 nitrogen and oxygen atoms in total. The Bertz CT molecular complexity index is 1120. The lowest BCUT2D eigenvalue weighted by Crippen LogP contribution is -2.39. The molecule has 0 fully saturated rings. The Morgan fingerprint density at radius 3 is 2.41 bits per heavy atom. The lowest BCUT2D eigenvalue weighted by atomic mass is 9.96. The summed E-state index contributed by atoms with van der Waals surface area (Å²) in [6.45, 7) is 4.09. The number of amides is 1. The van der Waals surface area contributed by atoms with Gasteiger partial charge in [-0.1, -0.05) is 49.4 Å². The summed E-state index contributed by atoms with van der Waals surface area (Å²) in [7, 11) is 0. The highest BCUT2D eigenvalue weighted by atomic mass is 32.1. The maximum atomic E-state index is 13.1. The molecule has 2 aromatic carbocycles. The fourth-order valence-electron chi connectivity index (χ4n) is 3.52. The molecular formula is C25H27N3O5S. The standard InChI is InChI=1S/C25H27N3O5S/c1-3-19-16-34-24(27-19)22(18-10-12-20(13-11-18)28(31)32)15-26-23(29)21(25(30)33-4-2)14-17-8-6-5-7-9-17/h5-13,16,21-22H,3-4,14-15H2,1-2H3,(H,26,29). The van der Waals surface area contributed by atoms with E-state index in [9.17, 15) is 19.7 Å². The second kappa shape index (κ2) is 12.0. The Balaban J connectivity index is 1.82. The maximum absolute atomic E-state index is 13.1. The number of aromatic nitrogens is 1. The van der Waals surface area contributed by atoms with Crippen LogP contribution in [0.1, 0.15) is 41.6 Å². The van der Waals surface area contributed by atoms with Gasteiger partial charge in [0.05, 0.1) is 23.1 Å². The van der Waals surface area contributed by atoms with Crippen molar-refractivity contribution < 1.29 is 19.2 Å². The number of nitrogens with zero attached hydrogens (tertiary/aromatic N) is 2. The Hall–Kier alpha value is -3.59. The first-order valence-corrected chi connectivity index (χ1v) is 12.0. The molecule has 3 rings (SSSR count). The minimum absolute atomic E-state index is 0.00911. The molecule has 0 saturated heterocycles. The number of thiazole rings is 1. The summed E-state index contributed by atoms with van der Waals surface area (Å²) in [5.41, 5.74) is 2.57. The normalized spacial score (nSPS) is 12.5. The van der Waals surface area contributed by atoms with Gasteiger partial charge < -0.3 is 10.1 Å². The number of hydrogen-bond donors (Lipinski definition) is 1. The molecule has 0 radical (unpaired) electrons. The first-order chi connectivity index (χ1) is 16.4. The number of ether oxygens (including phenoxy) is 1. The third-order valence-electron chi connectivity index (χ3n) is 5.39. The van der Waals surface area contributed by atoms with Crippen molar-refractivity contribution in [3.63, 3.8) is 0 Å². The Labute approximate surface area is 202 Å². The van der Waals surface area contributed by atoms with Crippen LogP contribution < -0.4 is 5.32 Å². The zero-order valence-electron chi connectivity index (χ0n) is 19.1. The summed E-state index contributed by atoms with van der Waals surface area (Å²) < 4.78 is 5.15. The molecule has 0 spiro atoms. The van der Waals surface area contributed by atoms with Crippen LogP contribution in [0, 0.1) is 16.0 Å². The summed E-state index contributed by atoms with van der Waals surface area (Å²) in [4.78, 5) is 40.9. The molecule has 1 amide bonds. The molecule has 0 aliphatic carbocycles. The van der Waals surface area contributed by atoms with E-state index in [1.807, 2.05) is 42.6 Å². The molecule has 1 aromatic heterocycles. The van der Waals surface area contributed by atoms with Gasteiger partial charge in [0.2, 0.25) is 5.91 Å². The molecule has 2 atom stereocenters. The number of carbonyl (C=O) groups is 2. The van der Waals surface area contributed by atoms with Gasteiger partial charge in [0.1, 0.15) is 10.9 Å². The minimum Gasteiger partial charge on any atom is -0.465 e. The summed E-state index contributed by atoms with van der Waals surface area (Å²) in [5.74, 6) is -2.29. The van der Waals surface area contributed by atoms with Crippen molar-refractivity contribution in [2.45, 2.75) is 32.6 Å². The van der Waals surface area contributed by atoms with Crippen LogP contribution in [-0.4, -0.2) is 34.9 Å². The van der Waals surface area contributed by atoms with Crippen molar-refractivity contribution in [3.8, 4) is 0 Å². The topological polar surface area (TPSA) is 111 Å². The SMILES string of the molecule is CCOC(=O)C(Cc1ccccc1)C(=O)NCC(c1ccc([N+](=O)[O-])cc1)c1nc(CC)cs1. The van der Waals surface area contributed by atoms with Crippen molar-refractivity contribution in [3.05, 3.63) is 91.9 Å². The van der Waals surface area contributed by atoms with Crippen molar-refractivity contribution >= 4 is 28.9 Å². The van der Waals surface area contributed by atoms with Crippen molar-refractivity contribution in [2.75, 3.05) is 13.2 Å². The molecule has 0 bridgehead atoms. The van der Waals surface area contributed by atoms with Crippen LogP contribution in [0.5, 0.6) is 0 Å². The number of rotatable bonds is 11. The van der Waals surface area contributed by atoms with Crippen LogP contribution in [0.4, 0.5) is 5.69 Å². The molecule has 1 heterocycles. The van der Waals surface area contributed by atoms with Gasteiger partial charge in [-0.25, -0.2) is 4.98 Å². The zero-order chi connectivity index (χ0) is 24.5. The summed E-state index contributed by atoms with van der Waals surface area (Å²) in [6.07, 6.45) is 1.00. The average Bonchev–Trinajstić information content (AvgIpc) is 3.32.